The minimum atomic E-state index is -0.109. The molecule has 0 fully saturated rings. The van der Waals surface area contributed by atoms with Crippen molar-refractivity contribution in [2.24, 2.45) is 0 Å². The van der Waals surface area contributed by atoms with Gasteiger partial charge in [0, 0.05) is 18.2 Å². The van der Waals surface area contributed by atoms with E-state index in [0.29, 0.717) is 31.3 Å². The van der Waals surface area contributed by atoms with Crippen LogP contribution in [0.2, 0.25) is 0 Å². The number of amides is 1. The lowest BCUT2D eigenvalue weighted by molar-refractivity contribution is 0.0725. The number of fused-ring (bicyclic) bond motifs is 1. The molecule has 3 rings (SSSR count). The van der Waals surface area contributed by atoms with Gasteiger partial charge in [-0.3, -0.25) is 4.79 Å². The summed E-state index contributed by atoms with van der Waals surface area (Å²) in [5.74, 6) is 1.21. The number of aryl methyl sites for hydroxylation is 1. The van der Waals surface area contributed by atoms with E-state index < -0.39 is 0 Å². The van der Waals surface area contributed by atoms with Gasteiger partial charge >= 0.3 is 0 Å². The van der Waals surface area contributed by atoms with Crippen LogP contribution in [-0.4, -0.2) is 35.0 Å². The van der Waals surface area contributed by atoms with Crippen LogP contribution in [0.5, 0.6) is 11.6 Å². The van der Waals surface area contributed by atoms with E-state index in [4.69, 9.17) is 9.47 Å². The second kappa shape index (κ2) is 6.91. The molecule has 0 saturated heterocycles. The number of nitrogens with zero attached hydrogens (tertiary/aromatic N) is 2. The molecule has 0 saturated carbocycles. The van der Waals surface area contributed by atoms with Gasteiger partial charge in [-0.1, -0.05) is 23.8 Å². The number of pyridine rings is 1. The summed E-state index contributed by atoms with van der Waals surface area (Å²) < 4.78 is 11.3. The summed E-state index contributed by atoms with van der Waals surface area (Å²) in [6, 6.07) is 11.3. The molecule has 0 spiro atoms. The minimum Gasteiger partial charge on any atom is -0.491 e. The number of carbonyl (C=O) groups is 1. The summed E-state index contributed by atoms with van der Waals surface area (Å²) in [6.45, 7) is 7.43. The van der Waals surface area contributed by atoms with Gasteiger partial charge in [-0.05, 0) is 32.9 Å². The first kappa shape index (κ1) is 16.3. The van der Waals surface area contributed by atoms with Crippen molar-refractivity contribution in [3.05, 3.63) is 53.2 Å². The summed E-state index contributed by atoms with van der Waals surface area (Å²) in [6.07, 6.45) is 0.0179. The predicted octanol–water partition coefficient (Wildman–Crippen LogP) is 3.21. The fourth-order valence-electron chi connectivity index (χ4n) is 2.70. The molecule has 0 bridgehead atoms. The van der Waals surface area contributed by atoms with Crippen LogP contribution in [0.15, 0.2) is 36.4 Å². The average Bonchev–Trinajstić information content (AvgIpc) is 2.75. The molecule has 1 aliphatic heterocycles. The molecular weight excluding hydrogens is 304 g/mol. The van der Waals surface area contributed by atoms with E-state index in [1.807, 2.05) is 32.9 Å². The van der Waals surface area contributed by atoms with Crippen molar-refractivity contribution < 1.29 is 14.3 Å². The average molecular weight is 326 g/mol. The van der Waals surface area contributed by atoms with E-state index in [-0.39, 0.29) is 12.0 Å². The Bertz CT molecular complexity index is 743. The minimum absolute atomic E-state index is 0.0179. The third kappa shape index (κ3) is 3.67. The third-order valence-corrected chi connectivity index (χ3v) is 3.78. The lowest BCUT2D eigenvalue weighted by Gasteiger charge is -2.20. The van der Waals surface area contributed by atoms with Crippen molar-refractivity contribution in [3.8, 4) is 11.6 Å². The highest BCUT2D eigenvalue weighted by molar-refractivity contribution is 5.92. The van der Waals surface area contributed by atoms with Gasteiger partial charge in [0.15, 0.2) is 0 Å². The van der Waals surface area contributed by atoms with Crippen LogP contribution < -0.4 is 9.47 Å². The molecule has 0 unspecified atom stereocenters. The Morgan fingerprint density at radius 1 is 1.29 bits per heavy atom. The second-order valence-corrected chi connectivity index (χ2v) is 6.21. The van der Waals surface area contributed by atoms with E-state index in [9.17, 15) is 4.79 Å². The molecule has 0 radical (unpaired) electrons. The Morgan fingerprint density at radius 2 is 2.12 bits per heavy atom. The van der Waals surface area contributed by atoms with Crippen molar-refractivity contribution in [3.63, 3.8) is 0 Å². The fourth-order valence-corrected chi connectivity index (χ4v) is 2.70. The largest absolute Gasteiger partial charge is 0.491 e. The number of benzene rings is 1. The zero-order valence-electron chi connectivity index (χ0n) is 14.3. The van der Waals surface area contributed by atoms with E-state index in [1.165, 1.54) is 0 Å². The lowest BCUT2D eigenvalue weighted by atomic mass is 10.1. The summed E-state index contributed by atoms with van der Waals surface area (Å²) in [4.78, 5) is 18.9. The monoisotopic (exact) mass is 326 g/mol. The molecule has 126 valence electrons. The Kier molecular flexibility index (Phi) is 4.69. The van der Waals surface area contributed by atoms with Crippen molar-refractivity contribution in [2.45, 2.75) is 33.4 Å². The molecule has 1 amide bonds. The number of carbonyl (C=O) groups excluding carboxylic acids is 1. The Labute approximate surface area is 142 Å². The lowest BCUT2D eigenvalue weighted by Crippen LogP contribution is -2.33. The van der Waals surface area contributed by atoms with Crippen molar-refractivity contribution >= 4 is 5.91 Å². The first-order chi connectivity index (χ1) is 11.5. The van der Waals surface area contributed by atoms with E-state index in [2.05, 4.69) is 11.1 Å². The third-order valence-electron chi connectivity index (χ3n) is 3.78. The summed E-state index contributed by atoms with van der Waals surface area (Å²) in [5.41, 5.74) is 2.57. The van der Waals surface area contributed by atoms with Gasteiger partial charge in [0.05, 0.1) is 12.6 Å². The van der Waals surface area contributed by atoms with Crippen LogP contribution >= 0.6 is 0 Å². The number of hydrogen-bond donors (Lipinski definition) is 0. The topological polar surface area (TPSA) is 51.7 Å². The number of aromatic nitrogens is 1. The molecule has 1 aliphatic rings. The van der Waals surface area contributed by atoms with Gasteiger partial charge in [-0.2, -0.15) is 0 Å². The Morgan fingerprint density at radius 3 is 2.92 bits per heavy atom. The standard InChI is InChI=1S/C19H22N2O3/c1-13(2)24-18-6-4-5-16(20-18)19(22)21-9-10-23-17-8-7-14(3)11-15(17)12-21/h4-8,11,13H,9-10,12H2,1-3H3. The molecule has 0 aliphatic carbocycles. The van der Waals surface area contributed by atoms with Crippen LogP contribution in [0, 0.1) is 6.92 Å². The van der Waals surface area contributed by atoms with Gasteiger partial charge in [-0.25, -0.2) is 4.98 Å². The number of ether oxygens (including phenoxy) is 2. The highest BCUT2D eigenvalue weighted by Crippen LogP contribution is 2.25. The zero-order valence-corrected chi connectivity index (χ0v) is 14.3. The molecule has 2 aromatic rings. The van der Waals surface area contributed by atoms with Gasteiger partial charge in [0.2, 0.25) is 5.88 Å². The highest BCUT2D eigenvalue weighted by Gasteiger charge is 2.22. The summed E-state index contributed by atoms with van der Waals surface area (Å²) >= 11 is 0. The maximum atomic E-state index is 12.8. The maximum absolute atomic E-state index is 12.8. The SMILES string of the molecule is Cc1ccc2c(c1)CN(C(=O)c1cccc(OC(C)C)n1)CCO2. The summed E-state index contributed by atoms with van der Waals surface area (Å²) in [5, 5.41) is 0. The second-order valence-electron chi connectivity index (χ2n) is 6.21. The van der Waals surface area contributed by atoms with Gasteiger partial charge in [0.1, 0.15) is 18.1 Å². The van der Waals surface area contributed by atoms with Gasteiger partial charge < -0.3 is 14.4 Å². The molecule has 0 atom stereocenters. The van der Waals surface area contributed by atoms with Gasteiger partial charge in [0.25, 0.3) is 5.91 Å². The van der Waals surface area contributed by atoms with Crippen LogP contribution in [0.1, 0.15) is 35.5 Å². The maximum Gasteiger partial charge on any atom is 0.273 e. The van der Waals surface area contributed by atoms with Crippen LogP contribution in [0.3, 0.4) is 0 Å². The quantitative estimate of drug-likeness (QED) is 0.869. The van der Waals surface area contributed by atoms with Crippen molar-refractivity contribution in [1.82, 2.24) is 9.88 Å². The van der Waals surface area contributed by atoms with Crippen molar-refractivity contribution in [2.75, 3.05) is 13.2 Å². The number of hydrogen-bond acceptors (Lipinski definition) is 4. The first-order valence-corrected chi connectivity index (χ1v) is 8.18. The van der Waals surface area contributed by atoms with Crippen LogP contribution in [0.25, 0.3) is 0 Å². The number of rotatable bonds is 3. The zero-order chi connectivity index (χ0) is 17.1. The highest BCUT2D eigenvalue weighted by atomic mass is 16.5. The van der Waals surface area contributed by atoms with E-state index in [0.717, 1.165) is 16.9 Å². The molecule has 2 heterocycles. The molecule has 1 aromatic heterocycles. The molecule has 0 N–H and O–H groups in total. The Balaban J connectivity index is 1.82. The molecular formula is C19H22N2O3. The first-order valence-electron chi connectivity index (χ1n) is 8.18. The molecule has 5 nitrogen and oxygen atoms in total. The molecule has 24 heavy (non-hydrogen) atoms. The van der Waals surface area contributed by atoms with Crippen LogP contribution in [-0.2, 0) is 6.54 Å². The normalized spacial score (nSPS) is 13.9. The predicted molar refractivity (Wildman–Crippen MR) is 91.4 cm³/mol. The van der Waals surface area contributed by atoms with E-state index in [1.54, 1.807) is 23.1 Å². The molecule has 1 aromatic carbocycles. The smallest absolute Gasteiger partial charge is 0.273 e. The van der Waals surface area contributed by atoms with E-state index >= 15 is 0 Å². The molecule has 5 heteroatoms. The van der Waals surface area contributed by atoms with Gasteiger partial charge in [-0.15, -0.1) is 0 Å². The Hall–Kier alpha value is -2.56. The van der Waals surface area contributed by atoms with Crippen LogP contribution in [0.4, 0.5) is 0 Å². The summed E-state index contributed by atoms with van der Waals surface area (Å²) in [7, 11) is 0. The fraction of sp³-hybridized carbons (Fsp3) is 0.368. The van der Waals surface area contributed by atoms with Crippen molar-refractivity contribution in [1.29, 1.82) is 0 Å².